The van der Waals surface area contributed by atoms with Gasteiger partial charge in [-0.15, -0.1) is 0 Å². The molecule has 20 heavy (non-hydrogen) atoms. The lowest BCUT2D eigenvalue weighted by molar-refractivity contribution is -0.119. The van der Waals surface area contributed by atoms with E-state index >= 15 is 0 Å². The zero-order chi connectivity index (χ0) is 15.5. The lowest BCUT2D eigenvalue weighted by atomic mass is 9.87. The van der Waals surface area contributed by atoms with E-state index in [1.165, 1.54) is 25.3 Å². The minimum Gasteiger partial charge on any atom is -0.496 e. The number of hydrogen-bond acceptors (Lipinski definition) is 4. The lowest BCUT2D eigenvalue weighted by Gasteiger charge is -2.25. The highest BCUT2D eigenvalue weighted by molar-refractivity contribution is 5.97. The third-order valence-electron chi connectivity index (χ3n) is 2.91. The van der Waals surface area contributed by atoms with E-state index in [1.807, 2.05) is 20.8 Å². The van der Waals surface area contributed by atoms with Crippen molar-refractivity contribution in [2.75, 3.05) is 12.4 Å². The fraction of sp³-hybridized carbons (Fsp3) is 0.429. The summed E-state index contributed by atoms with van der Waals surface area (Å²) in [5.41, 5.74) is 5.96. The summed E-state index contributed by atoms with van der Waals surface area (Å²) in [6.07, 6.45) is 0. The second-order valence-corrected chi connectivity index (χ2v) is 5.55. The van der Waals surface area contributed by atoms with Gasteiger partial charge < -0.3 is 20.9 Å². The second kappa shape index (κ2) is 5.92. The smallest absolute Gasteiger partial charge is 0.339 e. The molecule has 0 fully saturated rings. The number of carboxylic acid groups (broad SMARTS) is 1. The molecule has 0 saturated carbocycles. The van der Waals surface area contributed by atoms with E-state index in [2.05, 4.69) is 5.32 Å². The molecule has 0 aliphatic rings. The number of aromatic carboxylic acids is 1. The van der Waals surface area contributed by atoms with E-state index in [4.69, 9.17) is 15.6 Å². The number of ether oxygens (including phenoxy) is 1. The molecular formula is C14H20N2O4. The summed E-state index contributed by atoms with van der Waals surface area (Å²) >= 11 is 0. The van der Waals surface area contributed by atoms with Crippen molar-refractivity contribution in [3.05, 3.63) is 23.8 Å². The zero-order valence-corrected chi connectivity index (χ0v) is 12.1. The van der Waals surface area contributed by atoms with Crippen molar-refractivity contribution < 1.29 is 19.4 Å². The van der Waals surface area contributed by atoms with Gasteiger partial charge in [-0.3, -0.25) is 4.79 Å². The molecule has 1 atom stereocenters. The van der Waals surface area contributed by atoms with Crippen molar-refractivity contribution in [1.29, 1.82) is 0 Å². The Morgan fingerprint density at radius 2 is 1.95 bits per heavy atom. The summed E-state index contributed by atoms with van der Waals surface area (Å²) in [6, 6.07) is 3.66. The number of nitrogens with one attached hydrogen (secondary N) is 1. The molecule has 6 nitrogen and oxygen atoms in total. The van der Waals surface area contributed by atoms with Crippen LogP contribution < -0.4 is 15.8 Å². The quantitative estimate of drug-likeness (QED) is 0.779. The molecule has 0 aliphatic heterocycles. The molecule has 1 aromatic carbocycles. The van der Waals surface area contributed by atoms with Crippen LogP contribution in [0.4, 0.5) is 5.69 Å². The normalized spacial score (nSPS) is 12.7. The Morgan fingerprint density at radius 3 is 2.40 bits per heavy atom. The van der Waals surface area contributed by atoms with Gasteiger partial charge in [-0.1, -0.05) is 20.8 Å². The fourth-order valence-electron chi connectivity index (χ4n) is 1.56. The van der Waals surface area contributed by atoms with E-state index < -0.39 is 12.0 Å². The van der Waals surface area contributed by atoms with Gasteiger partial charge in [-0.25, -0.2) is 4.79 Å². The van der Waals surface area contributed by atoms with Gasteiger partial charge in [0.05, 0.1) is 13.2 Å². The molecule has 1 amide bonds. The SMILES string of the molecule is COc1cc(NC(=O)[C@@H](N)C(C)(C)C)ccc1C(=O)O. The van der Waals surface area contributed by atoms with Gasteiger partial charge in [0.2, 0.25) is 5.91 Å². The maximum absolute atomic E-state index is 12.0. The number of benzene rings is 1. The predicted octanol–water partition coefficient (Wildman–Crippen LogP) is 1.71. The van der Waals surface area contributed by atoms with Crippen molar-refractivity contribution in [2.45, 2.75) is 26.8 Å². The molecule has 1 rings (SSSR count). The highest BCUT2D eigenvalue weighted by atomic mass is 16.5. The topological polar surface area (TPSA) is 102 Å². The van der Waals surface area contributed by atoms with E-state index in [-0.39, 0.29) is 22.6 Å². The van der Waals surface area contributed by atoms with Crippen LogP contribution in [0.1, 0.15) is 31.1 Å². The Kier molecular flexibility index (Phi) is 4.73. The van der Waals surface area contributed by atoms with Crippen LogP contribution in [0.5, 0.6) is 5.75 Å². The number of methoxy groups -OCH3 is 1. The van der Waals surface area contributed by atoms with Crippen LogP contribution in [0.25, 0.3) is 0 Å². The van der Waals surface area contributed by atoms with Crippen molar-refractivity contribution in [1.82, 2.24) is 0 Å². The Labute approximate surface area is 117 Å². The Bertz CT molecular complexity index is 520. The van der Waals surface area contributed by atoms with Crippen molar-refractivity contribution in [2.24, 2.45) is 11.1 Å². The summed E-state index contributed by atoms with van der Waals surface area (Å²) < 4.78 is 4.99. The largest absolute Gasteiger partial charge is 0.496 e. The molecule has 0 heterocycles. The first kappa shape index (κ1) is 16.0. The van der Waals surface area contributed by atoms with Gasteiger partial charge in [0.15, 0.2) is 0 Å². The number of amides is 1. The van der Waals surface area contributed by atoms with Gasteiger partial charge in [-0.2, -0.15) is 0 Å². The molecule has 0 spiro atoms. The third kappa shape index (κ3) is 3.71. The Balaban J connectivity index is 2.94. The van der Waals surface area contributed by atoms with Crippen LogP contribution in [-0.4, -0.2) is 30.1 Å². The average molecular weight is 280 g/mol. The number of rotatable bonds is 4. The van der Waals surface area contributed by atoms with E-state index in [1.54, 1.807) is 0 Å². The van der Waals surface area contributed by atoms with Crippen LogP contribution in [0.15, 0.2) is 18.2 Å². The summed E-state index contributed by atoms with van der Waals surface area (Å²) in [5.74, 6) is -1.24. The van der Waals surface area contributed by atoms with E-state index in [9.17, 15) is 9.59 Å². The predicted molar refractivity (Wildman–Crippen MR) is 76.0 cm³/mol. The minimum absolute atomic E-state index is 0.0330. The monoisotopic (exact) mass is 280 g/mol. The number of anilines is 1. The van der Waals surface area contributed by atoms with Crippen molar-refractivity contribution >= 4 is 17.6 Å². The first-order valence-electron chi connectivity index (χ1n) is 6.14. The summed E-state index contributed by atoms with van der Waals surface area (Å²) in [5, 5.41) is 11.6. The summed E-state index contributed by atoms with van der Waals surface area (Å²) in [7, 11) is 1.37. The standard InChI is InChI=1S/C14H20N2O4/c1-14(2,3)11(15)12(17)16-8-5-6-9(13(18)19)10(7-8)20-4/h5-7,11H,15H2,1-4H3,(H,16,17)(H,18,19)/t11-/m1/s1. The van der Waals surface area contributed by atoms with Gasteiger partial charge in [-0.05, 0) is 17.5 Å². The number of carbonyl (C=O) groups is 2. The van der Waals surface area contributed by atoms with Crippen molar-refractivity contribution in [3.8, 4) is 5.75 Å². The molecule has 6 heteroatoms. The maximum atomic E-state index is 12.0. The molecule has 0 aliphatic carbocycles. The number of carbonyl (C=O) groups excluding carboxylic acids is 1. The maximum Gasteiger partial charge on any atom is 0.339 e. The van der Waals surface area contributed by atoms with E-state index in [0.29, 0.717) is 5.69 Å². The lowest BCUT2D eigenvalue weighted by Crippen LogP contribution is -2.45. The van der Waals surface area contributed by atoms with Gasteiger partial charge in [0.1, 0.15) is 11.3 Å². The number of carboxylic acids is 1. The minimum atomic E-state index is -1.09. The number of hydrogen-bond donors (Lipinski definition) is 3. The van der Waals surface area contributed by atoms with Gasteiger partial charge in [0, 0.05) is 11.8 Å². The molecule has 4 N–H and O–H groups in total. The van der Waals surface area contributed by atoms with Crippen LogP contribution >= 0.6 is 0 Å². The van der Waals surface area contributed by atoms with Crippen LogP contribution in [-0.2, 0) is 4.79 Å². The Hall–Kier alpha value is -2.08. The molecule has 110 valence electrons. The first-order chi connectivity index (χ1) is 9.16. The molecule has 1 aromatic rings. The molecular weight excluding hydrogens is 260 g/mol. The molecule has 0 unspecified atom stereocenters. The van der Waals surface area contributed by atoms with Crippen molar-refractivity contribution in [3.63, 3.8) is 0 Å². The molecule has 0 radical (unpaired) electrons. The highest BCUT2D eigenvalue weighted by Crippen LogP contribution is 2.24. The molecule has 0 saturated heterocycles. The molecule has 0 aromatic heterocycles. The second-order valence-electron chi connectivity index (χ2n) is 5.55. The summed E-state index contributed by atoms with van der Waals surface area (Å²) in [6.45, 7) is 5.60. The van der Waals surface area contributed by atoms with Gasteiger partial charge >= 0.3 is 5.97 Å². The Morgan fingerprint density at radius 1 is 1.35 bits per heavy atom. The summed E-state index contributed by atoms with van der Waals surface area (Å²) in [4.78, 5) is 23.0. The first-order valence-corrected chi connectivity index (χ1v) is 6.14. The zero-order valence-electron chi connectivity index (χ0n) is 12.1. The van der Waals surface area contributed by atoms with Crippen LogP contribution in [0, 0.1) is 5.41 Å². The molecule has 0 bridgehead atoms. The number of nitrogens with two attached hydrogens (primary N) is 1. The highest BCUT2D eigenvalue weighted by Gasteiger charge is 2.27. The van der Waals surface area contributed by atoms with Gasteiger partial charge in [0.25, 0.3) is 0 Å². The van der Waals surface area contributed by atoms with E-state index in [0.717, 1.165) is 0 Å². The third-order valence-corrected chi connectivity index (χ3v) is 2.91. The average Bonchev–Trinajstić information content (AvgIpc) is 2.36. The van der Waals surface area contributed by atoms with Crippen LogP contribution in [0.3, 0.4) is 0 Å². The van der Waals surface area contributed by atoms with Crippen LogP contribution in [0.2, 0.25) is 0 Å². The fourth-order valence-corrected chi connectivity index (χ4v) is 1.56.